The Morgan fingerprint density at radius 1 is 1.36 bits per heavy atom. The number of hydrogen-bond acceptors (Lipinski definition) is 5. The number of benzene rings is 1. The third kappa shape index (κ3) is 5.66. The molecule has 0 spiro atoms. The predicted octanol–water partition coefficient (Wildman–Crippen LogP) is 0.577. The van der Waals surface area contributed by atoms with Gasteiger partial charge >= 0.3 is 0 Å². The minimum atomic E-state index is -0.463. The molecule has 8 nitrogen and oxygen atoms in total. The van der Waals surface area contributed by atoms with Crippen LogP contribution in [-0.2, 0) is 9.59 Å². The van der Waals surface area contributed by atoms with E-state index in [0.717, 1.165) is 0 Å². The summed E-state index contributed by atoms with van der Waals surface area (Å²) in [5.41, 5.74) is 6.28. The fourth-order valence-electron chi connectivity index (χ4n) is 1.72. The first-order chi connectivity index (χ1) is 9.85. The molecule has 1 atom stereocenters. The van der Waals surface area contributed by atoms with Crippen molar-refractivity contribution in [3.05, 3.63) is 39.4 Å². The lowest BCUT2D eigenvalue weighted by Gasteiger charge is -2.15. The van der Waals surface area contributed by atoms with Gasteiger partial charge in [-0.15, -0.1) is 12.4 Å². The van der Waals surface area contributed by atoms with E-state index in [9.17, 15) is 19.7 Å². The molecule has 0 heterocycles. The van der Waals surface area contributed by atoms with Crippen LogP contribution in [-0.4, -0.2) is 29.8 Å². The van der Waals surface area contributed by atoms with Crippen molar-refractivity contribution in [2.45, 2.75) is 19.9 Å². The van der Waals surface area contributed by atoms with Crippen LogP contribution in [0.5, 0.6) is 0 Å². The van der Waals surface area contributed by atoms with Crippen molar-refractivity contribution in [2.24, 2.45) is 5.73 Å². The largest absolute Gasteiger partial charge is 0.348 e. The van der Waals surface area contributed by atoms with Crippen LogP contribution in [0.2, 0.25) is 0 Å². The summed E-state index contributed by atoms with van der Waals surface area (Å²) in [6, 6.07) is 4.36. The Bertz CT molecular complexity index is 565. The molecule has 2 amide bonds. The number of carbonyl (C=O) groups excluding carboxylic acids is 2. The van der Waals surface area contributed by atoms with Crippen LogP contribution >= 0.6 is 12.4 Å². The van der Waals surface area contributed by atoms with Gasteiger partial charge in [0.05, 0.1) is 24.1 Å². The molecule has 1 rings (SSSR count). The highest BCUT2D eigenvalue weighted by Gasteiger charge is 2.16. The van der Waals surface area contributed by atoms with Crippen molar-refractivity contribution < 1.29 is 14.5 Å². The first kappa shape index (κ1) is 19.8. The number of nitrogens with zero attached hydrogens (tertiary/aromatic N) is 1. The van der Waals surface area contributed by atoms with E-state index in [0.29, 0.717) is 11.1 Å². The van der Waals surface area contributed by atoms with Gasteiger partial charge in [0, 0.05) is 11.6 Å². The molecule has 0 saturated heterocycles. The third-order valence-corrected chi connectivity index (χ3v) is 2.94. The normalized spacial score (nSPS) is 11.0. The Morgan fingerprint density at radius 3 is 2.55 bits per heavy atom. The summed E-state index contributed by atoms with van der Waals surface area (Å²) in [5, 5.41) is 15.9. The number of halogens is 1. The average molecular weight is 331 g/mol. The minimum Gasteiger partial charge on any atom is -0.348 e. The standard InChI is InChI=1S/C13H18N4O4.ClH/c1-8-3-4-10(5-11(8)17(20)21)9(2)16-13(19)7-15-12(18)6-14;/h3-5,9H,6-7,14H2,1-2H3,(H,15,18)(H,16,19);1H. The SMILES string of the molecule is Cc1ccc(C(C)NC(=O)CNC(=O)CN)cc1[N+](=O)[O-].Cl. The number of nitrogens with two attached hydrogens (primary N) is 1. The minimum absolute atomic E-state index is 0. The zero-order valence-electron chi connectivity index (χ0n) is 12.3. The lowest BCUT2D eigenvalue weighted by Crippen LogP contribution is -2.40. The molecule has 0 aromatic heterocycles. The van der Waals surface area contributed by atoms with Gasteiger partial charge in [0.2, 0.25) is 11.8 Å². The molecular formula is C13H19ClN4O4. The number of amides is 2. The van der Waals surface area contributed by atoms with Gasteiger partial charge in [-0.2, -0.15) is 0 Å². The topological polar surface area (TPSA) is 127 Å². The van der Waals surface area contributed by atoms with E-state index >= 15 is 0 Å². The maximum absolute atomic E-state index is 11.6. The first-order valence-corrected chi connectivity index (χ1v) is 6.36. The predicted molar refractivity (Wildman–Crippen MR) is 83.7 cm³/mol. The summed E-state index contributed by atoms with van der Waals surface area (Å²) < 4.78 is 0. The van der Waals surface area contributed by atoms with E-state index in [1.165, 1.54) is 6.07 Å². The molecule has 1 unspecified atom stereocenters. The van der Waals surface area contributed by atoms with Crippen molar-refractivity contribution in [3.8, 4) is 0 Å². The number of rotatable bonds is 6. The molecule has 0 bridgehead atoms. The van der Waals surface area contributed by atoms with E-state index in [4.69, 9.17) is 5.73 Å². The molecule has 0 aliphatic heterocycles. The summed E-state index contributed by atoms with van der Waals surface area (Å²) in [6.07, 6.45) is 0. The highest BCUT2D eigenvalue weighted by atomic mass is 35.5. The van der Waals surface area contributed by atoms with Crippen molar-refractivity contribution >= 4 is 29.9 Å². The van der Waals surface area contributed by atoms with Crippen molar-refractivity contribution in [3.63, 3.8) is 0 Å². The monoisotopic (exact) mass is 330 g/mol. The lowest BCUT2D eigenvalue weighted by molar-refractivity contribution is -0.385. The van der Waals surface area contributed by atoms with Crippen molar-refractivity contribution in [1.82, 2.24) is 10.6 Å². The lowest BCUT2D eigenvalue weighted by atomic mass is 10.0. The molecular weight excluding hydrogens is 312 g/mol. The zero-order chi connectivity index (χ0) is 16.0. The Labute approximate surface area is 134 Å². The van der Waals surface area contributed by atoms with Gasteiger partial charge in [-0.25, -0.2) is 0 Å². The van der Waals surface area contributed by atoms with E-state index < -0.39 is 22.8 Å². The Kier molecular flexibility index (Phi) is 8.06. The number of aryl methyl sites for hydroxylation is 1. The van der Waals surface area contributed by atoms with Crippen molar-refractivity contribution in [2.75, 3.05) is 13.1 Å². The summed E-state index contributed by atoms with van der Waals surface area (Å²) >= 11 is 0. The molecule has 122 valence electrons. The van der Waals surface area contributed by atoms with Crippen molar-refractivity contribution in [1.29, 1.82) is 0 Å². The third-order valence-electron chi connectivity index (χ3n) is 2.94. The first-order valence-electron chi connectivity index (χ1n) is 6.36. The van der Waals surface area contributed by atoms with Crippen LogP contribution in [0.15, 0.2) is 18.2 Å². The number of nitro benzene ring substituents is 1. The summed E-state index contributed by atoms with van der Waals surface area (Å²) in [6.45, 7) is 2.98. The fraction of sp³-hybridized carbons (Fsp3) is 0.385. The average Bonchev–Trinajstić information content (AvgIpc) is 2.44. The number of nitrogens with one attached hydrogen (secondary N) is 2. The van der Waals surface area contributed by atoms with E-state index in [1.54, 1.807) is 26.0 Å². The zero-order valence-corrected chi connectivity index (χ0v) is 13.1. The van der Waals surface area contributed by atoms with E-state index in [1.807, 2.05) is 0 Å². The fourth-order valence-corrected chi connectivity index (χ4v) is 1.72. The van der Waals surface area contributed by atoms with Gasteiger partial charge in [-0.1, -0.05) is 12.1 Å². The Balaban J connectivity index is 0.00000441. The number of carbonyl (C=O) groups is 2. The van der Waals surface area contributed by atoms with Crippen LogP contribution < -0.4 is 16.4 Å². The highest BCUT2D eigenvalue weighted by molar-refractivity contribution is 5.85. The van der Waals surface area contributed by atoms with Gasteiger partial charge in [0.25, 0.3) is 5.69 Å². The summed E-state index contributed by atoms with van der Waals surface area (Å²) in [7, 11) is 0. The molecule has 0 saturated carbocycles. The smallest absolute Gasteiger partial charge is 0.272 e. The van der Waals surface area contributed by atoms with Crippen LogP contribution in [0.3, 0.4) is 0 Å². The second-order valence-corrected chi connectivity index (χ2v) is 4.57. The van der Waals surface area contributed by atoms with Crippen LogP contribution in [0.4, 0.5) is 5.69 Å². The van der Waals surface area contributed by atoms with Crippen LogP contribution in [0.25, 0.3) is 0 Å². The van der Waals surface area contributed by atoms with Crippen LogP contribution in [0.1, 0.15) is 24.1 Å². The molecule has 0 radical (unpaired) electrons. The van der Waals surface area contributed by atoms with Gasteiger partial charge < -0.3 is 16.4 Å². The maximum Gasteiger partial charge on any atom is 0.272 e. The van der Waals surface area contributed by atoms with E-state index in [2.05, 4.69) is 10.6 Å². The summed E-state index contributed by atoms with van der Waals surface area (Å²) in [5.74, 6) is -0.823. The Hall–Kier alpha value is -2.19. The maximum atomic E-state index is 11.6. The van der Waals surface area contributed by atoms with Gasteiger partial charge in [-0.3, -0.25) is 19.7 Å². The second-order valence-electron chi connectivity index (χ2n) is 4.57. The molecule has 4 N–H and O–H groups in total. The molecule has 22 heavy (non-hydrogen) atoms. The molecule has 1 aromatic carbocycles. The molecule has 0 aliphatic rings. The van der Waals surface area contributed by atoms with Gasteiger partial charge in [-0.05, 0) is 19.4 Å². The van der Waals surface area contributed by atoms with Gasteiger partial charge in [0.15, 0.2) is 0 Å². The molecule has 0 aliphatic carbocycles. The number of nitro groups is 1. The quantitative estimate of drug-likeness (QED) is 0.519. The van der Waals surface area contributed by atoms with Crippen LogP contribution in [0, 0.1) is 17.0 Å². The molecule has 0 fully saturated rings. The molecule has 1 aromatic rings. The Morgan fingerprint density at radius 2 is 2.00 bits per heavy atom. The number of hydrogen-bond donors (Lipinski definition) is 3. The summed E-state index contributed by atoms with van der Waals surface area (Å²) in [4.78, 5) is 33.0. The highest BCUT2D eigenvalue weighted by Crippen LogP contribution is 2.23. The molecule has 9 heteroatoms. The van der Waals surface area contributed by atoms with E-state index in [-0.39, 0.29) is 31.2 Å². The van der Waals surface area contributed by atoms with Gasteiger partial charge in [0.1, 0.15) is 0 Å². The second kappa shape index (κ2) is 8.96.